The lowest BCUT2D eigenvalue weighted by Gasteiger charge is -2.08. The molecule has 20 heavy (non-hydrogen) atoms. The van der Waals surface area contributed by atoms with E-state index in [0.29, 0.717) is 5.56 Å². The second-order valence-corrected chi connectivity index (χ2v) is 4.75. The number of nitrogens with zero attached hydrogens (tertiary/aromatic N) is 1. The highest BCUT2D eigenvalue weighted by Crippen LogP contribution is 2.30. The molecule has 0 aliphatic rings. The van der Waals surface area contributed by atoms with Crippen LogP contribution in [0.25, 0.3) is 22.0 Å². The molecule has 1 N–H and O–H groups in total. The Morgan fingerprint density at radius 1 is 1.10 bits per heavy atom. The Bertz CT molecular complexity index is 809. The maximum absolute atomic E-state index is 10.8. The molecule has 0 radical (unpaired) electrons. The van der Waals surface area contributed by atoms with Gasteiger partial charge in [-0.3, -0.25) is 9.78 Å². The number of phenolic OH excluding ortho intramolecular Hbond substituents is 1. The number of aromatic hydroxyl groups is 1. The number of carbonyl (C=O) groups excluding carboxylic acids is 1. The van der Waals surface area contributed by atoms with Gasteiger partial charge in [0, 0.05) is 17.1 Å². The van der Waals surface area contributed by atoms with Gasteiger partial charge >= 0.3 is 0 Å². The summed E-state index contributed by atoms with van der Waals surface area (Å²) in [6, 6.07) is 12.9. The molecule has 0 saturated carbocycles. The van der Waals surface area contributed by atoms with E-state index in [9.17, 15) is 9.90 Å². The number of aromatic nitrogens is 1. The number of aryl methyl sites for hydroxylation is 1. The van der Waals surface area contributed by atoms with Gasteiger partial charge in [-0.1, -0.05) is 18.2 Å². The van der Waals surface area contributed by atoms with Crippen LogP contribution in [-0.4, -0.2) is 16.4 Å². The van der Waals surface area contributed by atoms with E-state index in [-0.39, 0.29) is 5.75 Å². The molecule has 0 atom stereocenters. The minimum atomic E-state index is 0.287. The fourth-order valence-corrected chi connectivity index (χ4v) is 2.31. The Balaban J connectivity index is 2.25. The molecule has 0 saturated heterocycles. The number of hydrogen-bond donors (Lipinski definition) is 1. The summed E-state index contributed by atoms with van der Waals surface area (Å²) in [6.45, 7) is 1.87. The van der Waals surface area contributed by atoms with Crippen LogP contribution in [0, 0.1) is 6.92 Å². The van der Waals surface area contributed by atoms with E-state index < -0.39 is 0 Å². The largest absolute Gasteiger partial charge is 0.508 e. The number of aldehydes is 1. The zero-order valence-corrected chi connectivity index (χ0v) is 11.0. The van der Waals surface area contributed by atoms with Crippen molar-refractivity contribution in [2.24, 2.45) is 0 Å². The average Bonchev–Trinajstić information content (AvgIpc) is 2.49. The number of hydrogen-bond acceptors (Lipinski definition) is 3. The molecular weight excluding hydrogens is 250 g/mol. The van der Waals surface area contributed by atoms with Crippen LogP contribution < -0.4 is 0 Å². The quantitative estimate of drug-likeness (QED) is 0.717. The summed E-state index contributed by atoms with van der Waals surface area (Å²) >= 11 is 0. The van der Waals surface area contributed by atoms with Crippen LogP contribution in [0.5, 0.6) is 5.75 Å². The first kappa shape index (κ1) is 12.4. The minimum absolute atomic E-state index is 0.287. The molecule has 2 aromatic carbocycles. The molecule has 98 valence electrons. The van der Waals surface area contributed by atoms with Crippen molar-refractivity contribution in [1.82, 2.24) is 4.98 Å². The van der Waals surface area contributed by atoms with Crippen molar-refractivity contribution >= 4 is 17.2 Å². The van der Waals surface area contributed by atoms with E-state index in [1.165, 1.54) is 0 Å². The third kappa shape index (κ3) is 2.03. The topological polar surface area (TPSA) is 50.2 Å². The van der Waals surface area contributed by atoms with Crippen LogP contribution >= 0.6 is 0 Å². The van der Waals surface area contributed by atoms with E-state index in [1.807, 2.05) is 31.2 Å². The van der Waals surface area contributed by atoms with Crippen molar-refractivity contribution in [2.45, 2.75) is 6.92 Å². The molecule has 0 amide bonds. The number of carbonyl (C=O) groups is 1. The van der Waals surface area contributed by atoms with Crippen molar-refractivity contribution in [2.75, 3.05) is 0 Å². The number of rotatable bonds is 2. The SMILES string of the molecule is Cc1cc(-c2ccnc3cc(C=O)ccc23)ccc1O. The molecule has 0 aliphatic carbocycles. The van der Waals surface area contributed by atoms with Gasteiger partial charge in [0.2, 0.25) is 0 Å². The zero-order valence-electron chi connectivity index (χ0n) is 11.0. The Labute approximate surface area is 116 Å². The first-order chi connectivity index (χ1) is 9.69. The minimum Gasteiger partial charge on any atom is -0.508 e. The van der Waals surface area contributed by atoms with Crippen molar-refractivity contribution < 1.29 is 9.90 Å². The summed E-state index contributed by atoms with van der Waals surface area (Å²) in [5.74, 6) is 0.287. The van der Waals surface area contributed by atoms with Crippen molar-refractivity contribution in [3.8, 4) is 16.9 Å². The summed E-state index contributed by atoms with van der Waals surface area (Å²) in [7, 11) is 0. The smallest absolute Gasteiger partial charge is 0.150 e. The van der Waals surface area contributed by atoms with Crippen LogP contribution in [0.15, 0.2) is 48.7 Å². The summed E-state index contributed by atoms with van der Waals surface area (Å²) in [5.41, 5.74) is 4.29. The van der Waals surface area contributed by atoms with Gasteiger partial charge in [-0.05, 0) is 47.9 Å². The van der Waals surface area contributed by atoms with Crippen molar-refractivity contribution in [1.29, 1.82) is 0 Å². The lowest BCUT2D eigenvalue weighted by Crippen LogP contribution is -1.87. The molecule has 0 fully saturated rings. The first-order valence-corrected chi connectivity index (χ1v) is 6.33. The molecule has 0 unspecified atom stereocenters. The van der Waals surface area contributed by atoms with Gasteiger partial charge in [0.05, 0.1) is 5.52 Å². The normalized spacial score (nSPS) is 10.7. The van der Waals surface area contributed by atoms with Gasteiger partial charge in [-0.25, -0.2) is 0 Å². The van der Waals surface area contributed by atoms with Crippen LogP contribution in [0.4, 0.5) is 0 Å². The summed E-state index contributed by atoms with van der Waals surface area (Å²) in [6.07, 6.45) is 2.55. The second kappa shape index (κ2) is 4.78. The maximum atomic E-state index is 10.8. The van der Waals surface area contributed by atoms with Crippen LogP contribution in [0.3, 0.4) is 0 Å². The van der Waals surface area contributed by atoms with Gasteiger partial charge in [-0.15, -0.1) is 0 Å². The molecule has 3 nitrogen and oxygen atoms in total. The standard InChI is InChI=1S/C17H13NO2/c1-11-8-13(3-5-17(11)20)14-6-7-18-16-9-12(10-19)2-4-15(14)16/h2-10,20H,1H3. The predicted molar refractivity (Wildman–Crippen MR) is 79.0 cm³/mol. The lowest BCUT2D eigenvalue weighted by atomic mass is 9.99. The highest BCUT2D eigenvalue weighted by atomic mass is 16.3. The van der Waals surface area contributed by atoms with Gasteiger partial charge < -0.3 is 5.11 Å². The fraction of sp³-hybridized carbons (Fsp3) is 0.0588. The van der Waals surface area contributed by atoms with Crippen LogP contribution in [0.1, 0.15) is 15.9 Å². The highest BCUT2D eigenvalue weighted by Gasteiger charge is 2.07. The molecule has 3 rings (SSSR count). The van der Waals surface area contributed by atoms with Crippen LogP contribution in [-0.2, 0) is 0 Å². The fourth-order valence-electron chi connectivity index (χ4n) is 2.31. The summed E-state index contributed by atoms with van der Waals surface area (Å²) in [5, 5.41) is 10.6. The summed E-state index contributed by atoms with van der Waals surface area (Å²) < 4.78 is 0. The third-order valence-electron chi connectivity index (χ3n) is 3.41. The maximum Gasteiger partial charge on any atom is 0.150 e. The number of benzene rings is 2. The predicted octanol–water partition coefficient (Wildman–Crippen LogP) is 3.73. The van der Waals surface area contributed by atoms with Crippen molar-refractivity contribution in [3.63, 3.8) is 0 Å². The molecule has 3 heteroatoms. The van der Waals surface area contributed by atoms with E-state index in [4.69, 9.17) is 0 Å². The molecular formula is C17H13NO2. The highest BCUT2D eigenvalue weighted by molar-refractivity contribution is 5.96. The molecule has 3 aromatic rings. The van der Waals surface area contributed by atoms with Gasteiger partial charge in [0.15, 0.2) is 0 Å². The Kier molecular flexibility index (Phi) is 2.95. The van der Waals surface area contributed by atoms with E-state index in [2.05, 4.69) is 4.98 Å². The lowest BCUT2D eigenvalue weighted by molar-refractivity contribution is 0.112. The average molecular weight is 263 g/mol. The van der Waals surface area contributed by atoms with E-state index in [0.717, 1.165) is 33.9 Å². The number of pyridine rings is 1. The monoisotopic (exact) mass is 263 g/mol. The Morgan fingerprint density at radius 2 is 1.95 bits per heavy atom. The summed E-state index contributed by atoms with van der Waals surface area (Å²) in [4.78, 5) is 15.1. The molecule has 0 bridgehead atoms. The zero-order chi connectivity index (χ0) is 14.1. The van der Waals surface area contributed by atoms with Gasteiger partial charge in [0.25, 0.3) is 0 Å². The van der Waals surface area contributed by atoms with Gasteiger partial charge in [-0.2, -0.15) is 0 Å². The molecule has 1 heterocycles. The van der Waals surface area contributed by atoms with Gasteiger partial charge in [0.1, 0.15) is 12.0 Å². The second-order valence-electron chi connectivity index (χ2n) is 4.75. The Hall–Kier alpha value is -2.68. The Morgan fingerprint density at radius 3 is 2.70 bits per heavy atom. The van der Waals surface area contributed by atoms with E-state index in [1.54, 1.807) is 24.4 Å². The van der Waals surface area contributed by atoms with E-state index >= 15 is 0 Å². The molecule has 0 spiro atoms. The first-order valence-electron chi connectivity index (χ1n) is 6.33. The molecule has 1 aromatic heterocycles. The third-order valence-corrected chi connectivity index (χ3v) is 3.41. The van der Waals surface area contributed by atoms with Crippen LogP contribution in [0.2, 0.25) is 0 Å². The molecule has 0 aliphatic heterocycles. The number of fused-ring (bicyclic) bond motifs is 1. The number of phenols is 1. The van der Waals surface area contributed by atoms with Crippen molar-refractivity contribution in [3.05, 3.63) is 59.8 Å².